The minimum absolute atomic E-state index is 0.0614. The molecule has 0 bridgehead atoms. The van der Waals surface area contributed by atoms with Crippen molar-refractivity contribution in [3.05, 3.63) is 54.3 Å². The van der Waals surface area contributed by atoms with E-state index in [2.05, 4.69) is 6.07 Å². The number of nitriles is 1. The minimum Gasteiger partial charge on any atom is -0.458 e. The van der Waals surface area contributed by atoms with Gasteiger partial charge in [0.1, 0.15) is 11.5 Å². The lowest BCUT2D eigenvalue weighted by molar-refractivity contribution is 0.435. The molecule has 2 rings (SSSR count). The molecular weight excluding hydrogens is 186 g/mol. The molecule has 1 aliphatic rings. The number of allylic oxidation sites excluding steroid dienone is 3. The molecule has 74 valence electrons. The first kappa shape index (κ1) is 9.54. The fourth-order valence-electron chi connectivity index (χ4n) is 1.44. The molecule has 0 saturated heterocycles. The second kappa shape index (κ2) is 4.47. The number of benzene rings is 1. The van der Waals surface area contributed by atoms with E-state index in [1.54, 1.807) is 0 Å². The molecule has 2 nitrogen and oxygen atoms in total. The number of ether oxygens (including phenoxy) is 1. The molecule has 0 N–H and O–H groups in total. The Morgan fingerprint density at radius 3 is 2.80 bits per heavy atom. The Bertz CT molecular complexity index is 426. The van der Waals surface area contributed by atoms with Crippen molar-refractivity contribution < 1.29 is 4.74 Å². The van der Waals surface area contributed by atoms with Gasteiger partial charge in [0.2, 0.25) is 0 Å². The molecule has 0 fully saturated rings. The predicted octanol–water partition coefficient (Wildman–Crippen LogP) is 3.05. The Morgan fingerprint density at radius 1 is 1.27 bits per heavy atom. The number of nitrogens with zero attached hydrogens (tertiary/aromatic N) is 1. The zero-order chi connectivity index (χ0) is 10.5. The number of hydrogen-bond donors (Lipinski definition) is 0. The average molecular weight is 197 g/mol. The summed E-state index contributed by atoms with van der Waals surface area (Å²) >= 11 is 0. The maximum Gasteiger partial charge on any atom is 0.127 e. The molecule has 0 radical (unpaired) electrons. The van der Waals surface area contributed by atoms with Crippen LogP contribution in [-0.4, -0.2) is 0 Å². The molecular formula is C13H11NO. The van der Waals surface area contributed by atoms with Gasteiger partial charge >= 0.3 is 0 Å². The van der Waals surface area contributed by atoms with Crippen LogP contribution in [0, 0.1) is 17.2 Å². The van der Waals surface area contributed by atoms with Crippen LogP contribution in [0.1, 0.15) is 6.42 Å². The van der Waals surface area contributed by atoms with Crippen LogP contribution in [0.5, 0.6) is 5.75 Å². The molecule has 0 aromatic heterocycles. The Hall–Kier alpha value is -2.01. The Morgan fingerprint density at radius 2 is 2.07 bits per heavy atom. The molecule has 1 aromatic carbocycles. The molecule has 2 heteroatoms. The highest BCUT2D eigenvalue weighted by Gasteiger charge is 2.09. The lowest BCUT2D eigenvalue weighted by Gasteiger charge is -2.11. The van der Waals surface area contributed by atoms with Crippen LogP contribution in [-0.2, 0) is 0 Å². The van der Waals surface area contributed by atoms with Crippen molar-refractivity contribution in [2.45, 2.75) is 6.42 Å². The van der Waals surface area contributed by atoms with E-state index in [9.17, 15) is 0 Å². The molecule has 1 aromatic rings. The van der Waals surface area contributed by atoms with Crippen molar-refractivity contribution in [3.8, 4) is 11.8 Å². The van der Waals surface area contributed by atoms with Crippen molar-refractivity contribution in [1.29, 1.82) is 5.26 Å². The second-order valence-electron chi connectivity index (χ2n) is 3.36. The zero-order valence-electron chi connectivity index (χ0n) is 8.26. The highest BCUT2D eigenvalue weighted by Crippen LogP contribution is 2.19. The Labute approximate surface area is 89.1 Å². The van der Waals surface area contributed by atoms with Crippen LogP contribution >= 0.6 is 0 Å². The van der Waals surface area contributed by atoms with Gasteiger partial charge in [-0.05, 0) is 30.7 Å². The molecule has 1 aliphatic carbocycles. The second-order valence-corrected chi connectivity index (χ2v) is 3.36. The first-order chi connectivity index (χ1) is 7.38. The summed E-state index contributed by atoms with van der Waals surface area (Å²) in [5.41, 5.74) is 0. The standard InChI is InChI=1S/C13H11NO/c14-10-11-5-4-8-13(9-11)15-12-6-2-1-3-7-12/h1-4,6-9,11H,5H2. The SMILES string of the molecule is N#CC1C=C(Oc2ccccc2)C=CC1. The van der Waals surface area contributed by atoms with Crippen LogP contribution in [0.25, 0.3) is 0 Å². The third kappa shape index (κ3) is 2.47. The summed E-state index contributed by atoms with van der Waals surface area (Å²) in [7, 11) is 0. The minimum atomic E-state index is -0.0614. The van der Waals surface area contributed by atoms with E-state index in [1.165, 1.54) is 0 Å². The van der Waals surface area contributed by atoms with Gasteiger partial charge in [-0.2, -0.15) is 5.26 Å². The van der Waals surface area contributed by atoms with Crippen LogP contribution in [0.15, 0.2) is 54.3 Å². The normalized spacial score (nSPS) is 19.1. The van der Waals surface area contributed by atoms with E-state index in [1.807, 2.05) is 48.6 Å². The largest absolute Gasteiger partial charge is 0.458 e. The summed E-state index contributed by atoms with van der Waals surface area (Å²) in [5.74, 6) is 1.49. The molecule has 0 heterocycles. The molecule has 15 heavy (non-hydrogen) atoms. The number of hydrogen-bond acceptors (Lipinski definition) is 2. The van der Waals surface area contributed by atoms with Crippen molar-refractivity contribution in [3.63, 3.8) is 0 Å². The average Bonchev–Trinajstić information content (AvgIpc) is 2.31. The smallest absolute Gasteiger partial charge is 0.127 e. The van der Waals surface area contributed by atoms with E-state index < -0.39 is 0 Å². The van der Waals surface area contributed by atoms with Gasteiger partial charge in [0, 0.05) is 0 Å². The summed E-state index contributed by atoms with van der Waals surface area (Å²) in [6.45, 7) is 0. The Kier molecular flexibility index (Phi) is 2.85. The Balaban J connectivity index is 2.10. The maximum absolute atomic E-state index is 8.79. The van der Waals surface area contributed by atoms with Gasteiger partial charge in [0.25, 0.3) is 0 Å². The fraction of sp³-hybridized carbons (Fsp3) is 0.154. The van der Waals surface area contributed by atoms with Crippen molar-refractivity contribution in [2.75, 3.05) is 0 Å². The monoisotopic (exact) mass is 197 g/mol. The number of rotatable bonds is 2. The lowest BCUT2D eigenvalue weighted by Crippen LogP contribution is -2.01. The van der Waals surface area contributed by atoms with Gasteiger partial charge in [0.15, 0.2) is 0 Å². The van der Waals surface area contributed by atoms with Crippen LogP contribution in [0.3, 0.4) is 0 Å². The summed E-state index contributed by atoms with van der Waals surface area (Å²) in [6.07, 6.45) is 6.50. The van der Waals surface area contributed by atoms with Gasteiger partial charge in [-0.15, -0.1) is 0 Å². The summed E-state index contributed by atoms with van der Waals surface area (Å²) in [5, 5.41) is 8.79. The third-order valence-corrected chi connectivity index (χ3v) is 2.18. The van der Waals surface area contributed by atoms with E-state index in [0.717, 1.165) is 17.9 Å². The van der Waals surface area contributed by atoms with Gasteiger partial charge in [-0.1, -0.05) is 24.3 Å². The van der Waals surface area contributed by atoms with Gasteiger partial charge in [-0.25, -0.2) is 0 Å². The maximum atomic E-state index is 8.79. The fourth-order valence-corrected chi connectivity index (χ4v) is 1.44. The van der Waals surface area contributed by atoms with Crippen LogP contribution in [0.4, 0.5) is 0 Å². The molecule has 1 unspecified atom stereocenters. The molecule has 0 amide bonds. The zero-order valence-corrected chi connectivity index (χ0v) is 8.26. The quantitative estimate of drug-likeness (QED) is 0.730. The van der Waals surface area contributed by atoms with Crippen molar-refractivity contribution in [1.82, 2.24) is 0 Å². The van der Waals surface area contributed by atoms with Gasteiger partial charge in [0.05, 0.1) is 12.0 Å². The number of para-hydroxylation sites is 1. The van der Waals surface area contributed by atoms with E-state index in [0.29, 0.717) is 0 Å². The van der Waals surface area contributed by atoms with Crippen LogP contribution in [0.2, 0.25) is 0 Å². The first-order valence-corrected chi connectivity index (χ1v) is 4.89. The molecule has 1 atom stereocenters. The first-order valence-electron chi connectivity index (χ1n) is 4.89. The highest BCUT2D eigenvalue weighted by atomic mass is 16.5. The lowest BCUT2D eigenvalue weighted by atomic mass is 10.0. The van der Waals surface area contributed by atoms with E-state index >= 15 is 0 Å². The topological polar surface area (TPSA) is 33.0 Å². The van der Waals surface area contributed by atoms with Gasteiger partial charge in [-0.3, -0.25) is 0 Å². The molecule has 0 aliphatic heterocycles. The van der Waals surface area contributed by atoms with Crippen molar-refractivity contribution in [2.24, 2.45) is 5.92 Å². The van der Waals surface area contributed by atoms with E-state index in [4.69, 9.17) is 10.00 Å². The third-order valence-electron chi connectivity index (χ3n) is 2.18. The van der Waals surface area contributed by atoms with Crippen molar-refractivity contribution >= 4 is 0 Å². The summed E-state index contributed by atoms with van der Waals surface area (Å²) in [6, 6.07) is 11.8. The highest BCUT2D eigenvalue weighted by molar-refractivity contribution is 5.29. The molecule has 0 saturated carbocycles. The predicted molar refractivity (Wildman–Crippen MR) is 58.0 cm³/mol. The summed E-state index contributed by atoms with van der Waals surface area (Å²) < 4.78 is 5.61. The van der Waals surface area contributed by atoms with Gasteiger partial charge < -0.3 is 4.74 Å². The summed E-state index contributed by atoms with van der Waals surface area (Å²) in [4.78, 5) is 0. The molecule has 0 spiro atoms. The van der Waals surface area contributed by atoms with E-state index in [-0.39, 0.29) is 5.92 Å². The van der Waals surface area contributed by atoms with Crippen LogP contribution < -0.4 is 4.74 Å².